The Balaban J connectivity index is 1.82. The Morgan fingerprint density at radius 2 is 1.96 bits per heavy atom. The molecule has 7 nitrogen and oxygen atoms in total. The number of hydrogen-bond donors (Lipinski definition) is 0. The average molecular weight is 381 g/mol. The molecule has 2 amide bonds. The van der Waals surface area contributed by atoms with Crippen molar-refractivity contribution in [3.63, 3.8) is 0 Å². The molecule has 0 spiro atoms. The first-order valence-electron chi connectivity index (χ1n) is 8.04. The van der Waals surface area contributed by atoms with Crippen molar-refractivity contribution >= 4 is 35.2 Å². The minimum absolute atomic E-state index is 0.0166. The molecule has 3 rings (SSSR count). The Hall–Kier alpha value is -3.18. The first-order valence-corrected chi connectivity index (χ1v) is 8.92. The number of carbonyl (C=O) groups excluding carboxylic acids is 3. The van der Waals surface area contributed by atoms with Crippen molar-refractivity contribution in [1.29, 1.82) is 5.26 Å². The largest absolute Gasteiger partial charge is 0.465 e. The molecule has 0 bridgehead atoms. The number of thioether (sulfide) groups is 1. The predicted octanol–water partition coefficient (Wildman–Crippen LogP) is 2.47. The number of ether oxygens (including phenoxy) is 1. The van der Waals surface area contributed by atoms with Gasteiger partial charge in [-0.1, -0.05) is 11.8 Å². The predicted molar refractivity (Wildman–Crippen MR) is 98.2 cm³/mol. The lowest BCUT2D eigenvalue weighted by molar-refractivity contribution is -0.121. The molecule has 1 aliphatic heterocycles. The number of aromatic nitrogens is 1. The summed E-state index contributed by atoms with van der Waals surface area (Å²) in [5, 5.41) is 9.00. The summed E-state index contributed by atoms with van der Waals surface area (Å²) in [6.07, 6.45) is 0.0166. The Labute approximate surface area is 159 Å². The van der Waals surface area contributed by atoms with Crippen LogP contribution in [0.5, 0.6) is 0 Å². The summed E-state index contributed by atoms with van der Waals surface area (Å²) in [7, 11) is 1.28. The van der Waals surface area contributed by atoms with E-state index < -0.39 is 11.2 Å². The molecule has 27 heavy (non-hydrogen) atoms. The van der Waals surface area contributed by atoms with Crippen molar-refractivity contribution < 1.29 is 19.1 Å². The van der Waals surface area contributed by atoms with E-state index in [1.807, 2.05) is 0 Å². The molecular weight excluding hydrogens is 366 g/mol. The molecular formula is C19H15N3O4S. The Kier molecular flexibility index (Phi) is 5.23. The van der Waals surface area contributed by atoms with E-state index in [9.17, 15) is 19.6 Å². The van der Waals surface area contributed by atoms with Gasteiger partial charge in [-0.05, 0) is 43.3 Å². The first kappa shape index (κ1) is 18.6. The van der Waals surface area contributed by atoms with Gasteiger partial charge in [0, 0.05) is 12.1 Å². The number of benzene rings is 1. The van der Waals surface area contributed by atoms with E-state index in [0.29, 0.717) is 21.8 Å². The molecule has 0 saturated carbocycles. The number of methoxy groups -OCH3 is 1. The van der Waals surface area contributed by atoms with Crippen molar-refractivity contribution in [3.05, 3.63) is 53.2 Å². The SMILES string of the molecule is COC(=O)c1ccc(N2C(=O)CC(Sc3nc(C)ccc3C#N)C2=O)cc1. The molecule has 136 valence electrons. The monoisotopic (exact) mass is 381 g/mol. The van der Waals surface area contributed by atoms with Gasteiger partial charge in [-0.25, -0.2) is 14.7 Å². The maximum absolute atomic E-state index is 12.8. The maximum Gasteiger partial charge on any atom is 0.337 e. The van der Waals surface area contributed by atoms with E-state index >= 15 is 0 Å². The van der Waals surface area contributed by atoms with Crippen molar-refractivity contribution in [2.24, 2.45) is 0 Å². The van der Waals surface area contributed by atoms with Crippen LogP contribution >= 0.6 is 11.8 Å². The van der Waals surface area contributed by atoms with Gasteiger partial charge in [-0.3, -0.25) is 9.59 Å². The number of carbonyl (C=O) groups is 3. The molecule has 0 N–H and O–H groups in total. The van der Waals surface area contributed by atoms with E-state index in [1.54, 1.807) is 19.1 Å². The maximum atomic E-state index is 12.8. The second-order valence-corrected chi connectivity index (χ2v) is 7.03. The molecule has 1 atom stereocenters. The highest BCUT2D eigenvalue weighted by atomic mass is 32.2. The van der Waals surface area contributed by atoms with Gasteiger partial charge in [0.2, 0.25) is 11.8 Å². The molecule has 0 radical (unpaired) electrons. The third-order valence-electron chi connectivity index (χ3n) is 4.03. The molecule has 0 aliphatic carbocycles. The van der Waals surface area contributed by atoms with Crippen LogP contribution in [0.3, 0.4) is 0 Å². The Morgan fingerprint density at radius 1 is 1.26 bits per heavy atom. The number of aryl methyl sites for hydroxylation is 1. The number of nitrogens with zero attached hydrogens (tertiary/aromatic N) is 3. The summed E-state index contributed by atoms with van der Waals surface area (Å²) >= 11 is 1.12. The van der Waals surface area contributed by atoms with E-state index in [0.717, 1.165) is 22.4 Å². The lowest BCUT2D eigenvalue weighted by atomic mass is 10.2. The van der Waals surface area contributed by atoms with Crippen molar-refractivity contribution in [1.82, 2.24) is 4.98 Å². The summed E-state index contributed by atoms with van der Waals surface area (Å²) < 4.78 is 4.64. The van der Waals surface area contributed by atoms with Crippen LogP contribution in [-0.2, 0) is 14.3 Å². The van der Waals surface area contributed by atoms with Gasteiger partial charge in [-0.2, -0.15) is 5.26 Å². The molecule has 2 aromatic rings. The highest BCUT2D eigenvalue weighted by molar-refractivity contribution is 8.00. The van der Waals surface area contributed by atoms with Gasteiger partial charge in [0.05, 0.1) is 29.2 Å². The summed E-state index contributed by atoms with van der Waals surface area (Å²) in [5.41, 5.74) is 1.81. The van der Waals surface area contributed by atoms with Crippen LogP contribution < -0.4 is 4.90 Å². The third kappa shape index (κ3) is 3.68. The van der Waals surface area contributed by atoms with Crippen LogP contribution in [0.15, 0.2) is 41.4 Å². The van der Waals surface area contributed by atoms with Gasteiger partial charge in [-0.15, -0.1) is 0 Å². The average Bonchev–Trinajstić information content (AvgIpc) is 2.95. The van der Waals surface area contributed by atoms with E-state index in [4.69, 9.17) is 0 Å². The molecule has 1 aromatic heterocycles. The van der Waals surface area contributed by atoms with E-state index in [2.05, 4.69) is 15.8 Å². The second kappa shape index (κ2) is 7.60. The summed E-state index contributed by atoms with van der Waals surface area (Å²) in [6.45, 7) is 1.79. The van der Waals surface area contributed by atoms with Crippen molar-refractivity contribution in [3.8, 4) is 6.07 Å². The molecule has 1 unspecified atom stereocenters. The minimum atomic E-state index is -0.654. The van der Waals surface area contributed by atoms with Crippen LogP contribution in [0.25, 0.3) is 0 Å². The fraction of sp³-hybridized carbons (Fsp3) is 0.211. The van der Waals surface area contributed by atoms with Gasteiger partial charge in [0.1, 0.15) is 11.1 Å². The number of pyridine rings is 1. The molecule has 1 saturated heterocycles. The van der Waals surface area contributed by atoms with Crippen molar-refractivity contribution in [2.45, 2.75) is 23.6 Å². The Morgan fingerprint density at radius 3 is 2.59 bits per heavy atom. The first-order chi connectivity index (χ1) is 12.9. The molecule has 1 fully saturated rings. The third-order valence-corrected chi connectivity index (χ3v) is 5.21. The zero-order valence-electron chi connectivity index (χ0n) is 14.6. The summed E-state index contributed by atoms with van der Waals surface area (Å²) in [5.74, 6) is -1.21. The number of amides is 2. The fourth-order valence-electron chi connectivity index (χ4n) is 2.67. The zero-order chi connectivity index (χ0) is 19.6. The highest BCUT2D eigenvalue weighted by Gasteiger charge is 2.40. The molecule has 1 aromatic carbocycles. The number of imide groups is 1. The highest BCUT2D eigenvalue weighted by Crippen LogP contribution is 2.34. The Bertz CT molecular complexity index is 966. The zero-order valence-corrected chi connectivity index (χ0v) is 15.4. The van der Waals surface area contributed by atoms with Crippen LogP contribution in [0, 0.1) is 18.3 Å². The number of rotatable bonds is 4. The summed E-state index contributed by atoms with van der Waals surface area (Å²) in [6, 6.07) is 11.5. The van der Waals surface area contributed by atoms with Gasteiger partial charge < -0.3 is 4.74 Å². The molecule has 2 heterocycles. The quantitative estimate of drug-likeness (QED) is 0.592. The fourth-order valence-corrected chi connectivity index (χ4v) is 3.81. The van der Waals surface area contributed by atoms with Crippen LogP contribution in [0.2, 0.25) is 0 Å². The number of anilines is 1. The normalized spacial score (nSPS) is 16.3. The van der Waals surface area contributed by atoms with Crippen LogP contribution in [0.1, 0.15) is 28.0 Å². The number of esters is 1. The lowest BCUT2D eigenvalue weighted by Crippen LogP contribution is -2.31. The smallest absolute Gasteiger partial charge is 0.337 e. The molecule has 8 heteroatoms. The van der Waals surface area contributed by atoms with Gasteiger partial charge >= 0.3 is 5.97 Å². The van der Waals surface area contributed by atoms with E-state index in [-0.39, 0.29) is 18.2 Å². The molecule has 1 aliphatic rings. The van der Waals surface area contributed by atoms with Crippen LogP contribution in [0.4, 0.5) is 5.69 Å². The number of hydrogen-bond acceptors (Lipinski definition) is 7. The van der Waals surface area contributed by atoms with E-state index in [1.165, 1.54) is 31.4 Å². The number of nitriles is 1. The second-order valence-electron chi connectivity index (χ2n) is 5.83. The van der Waals surface area contributed by atoms with Gasteiger partial charge in [0.15, 0.2) is 0 Å². The minimum Gasteiger partial charge on any atom is -0.465 e. The standard InChI is InChI=1S/C19H15N3O4S/c1-11-3-4-13(10-20)17(21-11)27-15-9-16(23)22(18(15)24)14-7-5-12(6-8-14)19(25)26-2/h3-8,15H,9H2,1-2H3. The van der Waals surface area contributed by atoms with Crippen molar-refractivity contribution in [2.75, 3.05) is 12.0 Å². The topological polar surface area (TPSA) is 100 Å². The summed E-state index contributed by atoms with van der Waals surface area (Å²) in [4.78, 5) is 42.1. The van der Waals surface area contributed by atoms with Crippen LogP contribution in [-0.4, -0.2) is 35.1 Å². The lowest BCUT2D eigenvalue weighted by Gasteiger charge is -2.15. The van der Waals surface area contributed by atoms with Gasteiger partial charge in [0.25, 0.3) is 0 Å².